The first kappa shape index (κ1) is 13.4. The Morgan fingerprint density at radius 3 is 2.48 bits per heavy atom. The molecular weight excluding hydrogens is 264 g/mol. The number of nitrogens with zero attached hydrogens (tertiary/aromatic N) is 1. The van der Waals surface area contributed by atoms with E-state index < -0.39 is 0 Å². The summed E-state index contributed by atoms with van der Waals surface area (Å²) in [4.78, 5) is 4.41. The zero-order chi connectivity index (χ0) is 14.7. The molecule has 0 atom stereocenters. The van der Waals surface area contributed by atoms with Gasteiger partial charge in [-0.1, -0.05) is 24.3 Å². The second-order valence-corrected chi connectivity index (χ2v) is 4.59. The van der Waals surface area contributed by atoms with Crippen molar-refractivity contribution in [2.45, 2.75) is 6.54 Å². The first-order chi connectivity index (χ1) is 10.3. The molecule has 21 heavy (non-hydrogen) atoms. The number of rotatable bonds is 4. The second kappa shape index (κ2) is 5.81. The van der Waals surface area contributed by atoms with Crippen LogP contribution >= 0.6 is 0 Å². The van der Waals surface area contributed by atoms with E-state index >= 15 is 0 Å². The molecular formula is C17H16N2O2. The summed E-state index contributed by atoms with van der Waals surface area (Å²) in [5.74, 6) is 2.07. The summed E-state index contributed by atoms with van der Waals surface area (Å²) >= 11 is 0. The molecule has 0 aliphatic rings. The number of methoxy groups -OCH3 is 1. The fourth-order valence-electron chi connectivity index (χ4n) is 2.24. The van der Waals surface area contributed by atoms with Crippen LogP contribution in [0.15, 0.2) is 54.7 Å². The predicted octanol–water partition coefficient (Wildman–Crippen LogP) is 3.49. The van der Waals surface area contributed by atoms with E-state index in [0.717, 1.165) is 22.2 Å². The Kier molecular flexibility index (Phi) is 3.71. The van der Waals surface area contributed by atoms with Crippen LogP contribution in [0, 0.1) is 0 Å². The summed E-state index contributed by atoms with van der Waals surface area (Å²) in [6, 6.07) is 15.4. The van der Waals surface area contributed by atoms with E-state index in [9.17, 15) is 0 Å². The van der Waals surface area contributed by atoms with Crippen LogP contribution in [0.4, 0.5) is 0 Å². The van der Waals surface area contributed by atoms with Crippen LogP contribution in [0.3, 0.4) is 0 Å². The quantitative estimate of drug-likeness (QED) is 0.794. The summed E-state index contributed by atoms with van der Waals surface area (Å²) in [7, 11) is 1.62. The van der Waals surface area contributed by atoms with E-state index in [0.29, 0.717) is 18.0 Å². The van der Waals surface area contributed by atoms with Gasteiger partial charge in [0, 0.05) is 23.7 Å². The number of hydrogen-bond donors (Lipinski definition) is 1. The number of nitrogens with two attached hydrogens (primary N) is 1. The van der Waals surface area contributed by atoms with Gasteiger partial charge in [-0.3, -0.25) is 4.98 Å². The molecule has 0 amide bonds. The number of para-hydroxylation sites is 3. The largest absolute Gasteiger partial charge is 0.493 e. The van der Waals surface area contributed by atoms with Gasteiger partial charge in [-0.05, 0) is 24.3 Å². The molecule has 0 spiro atoms. The fraction of sp³-hybridized carbons (Fsp3) is 0.118. The lowest BCUT2D eigenvalue weighted by atomic mass is 10.1. The zero-order valence-corrected chi connectivity index (χ0v) is 11.7. The lowest BCUT2D eigenvalue weighted by Gasteiger charge is -2.14. The molecule has 0 radical (unpaired) electrons. The van der Waals surface area contributed by atoms with Crippen LogP contribution in [-0.4, -0.2) is 12.1 Å². The molecule has 1 heterocycles. The molecule has 0 fully saturated rings. The van der Waals surface area contributed by atoms with Crippen molar-refractivity contribution in [1.82, 2.24) is 4.98 Å². The SMILES string of the molecule is COc1ccccc1Oc1c(CN)cnc2ccccc12. The molecule has 2 N–H and O–H groups in total. The van der Waals surface area contributed by atoms with Gasteiger partial charge in [0.2, 0.25) is 0 Å². The molecule has 4 nitrogen and oxygen atoms in total. The highest BCUT2D eigenvalue weighted by molar-refractivity contribution is 5.86. The van der Waals surface area contributed by atoms with Crippen molar-refractivity contribution >= 4 is 10.9 Å². The van der Waals surface area contributed by atoms with Crippen molar-refractivity contribution in [3.63, 3.8) is 0 Å². The van der Waals surface area contributed by atoms with Crippen LogP contribution in [-0.2, 0) is 6.54 Å². The molecule has 2 aromatic carbocycles. The predicted molar refractivity (Wildman–Crippen MR) is 82.7 cm³/mol. The van der Waals surface area contributed by atoms with Crippen LogP contribution in [0.5, 0.6) is 17.2 Å². The smallest absolute Gasteiger partial charge is 0.169 e. The molecule has 1 aromatic heterocycles. The fourth-order valence-corrected chi connectivity index (χ4v) is 2.24. The van der Waals surface area contributed by atoms with Crippen LogP contribution in [0.2, 0.25) is 0 Å². The van der Waals surface area contributed by atoms with Crippen molar-refractivity contribution in [3.05, 3.63) is 60.3 Å². The Morgan fingerprint density at radius 2 is 1.71 bits per heavy atom. The van der Waals surface area contributed by atoms with Gasteiger partial charge < -0.3 is 15.2 Å². The van der Waals surface area contributed by atoms with Crippen LogP contribution in [0.25, 0.3) is 10.9 Å². The highest BCUT2D eigenvalue weighted by Crippen LogP contribution is 2.36. The normalized spacial score (nSPS) is 10.6. The number of benzene rings is 2. The standard InChI is InChI=1S/C17H16N2O2/c1-20-15-8-4-5-9-16(15)21-17-12(10-18)11-19-14-7-3-2-6-13(14)17/h2-9,11H,10,18H2,1H3. The topological polar surface area (TPSA) is 57.4 Å². The Labute approximate surface area is 123 Å². The van der Waals surface area contributed by atoms with Crippen LogP contribution < -0.4 is 15.2 Å². The third-order valence-electron chi connectivity index (χ3n) is 3.30. The van der Waals surface area contributed by atoms with Crippen molar-refractivity contribution in [2.24, 2.45) is 5.73 Å². The highest BCUT2D eigenvalue weighted by Gasteiger charge is 2.12. The first-order valence-corrected chi connectivity index (χ1v) is 6.71. The Hall–Kier alpha value is -2.59. The van der Waals surface area contributed by atoms with Gasteiger partial charge in [0.05, 0.1) is 12.6 Å². The summed E-state index contributed by atoms with van der Waals surface area (Å²) in [6.07, 6.45) is 1.76. The van der Waals surface area contributed by atoms with Gasteiger partial charge in [0.25, 0.3) is 0 Å². The minimum absolute atomic E-state index is 0.363. The molecule has 0 aliphatic carbocycles. The average Bonchev–Trinajstić information content (AvgIpc) is 2.55. The number of fused-ring (bicyclic) bond motifs is 1. The number of ether oxygens (including phenoxy) is 2. The van der Waals surface area contributed by atoms with Gasteiger partial charge in [-0.2, -0.15) is 0 Å². The lowest BCUT2D eigenvalue weighted by Crippen LogP contribution is -2.02. The van der Waals surface area contributed by atoms with Crippen molar-refractivity contribution < 1.29 is 9.47 Å². The molecule has 3 rings (SSSR count). The summed E-state index contributed by atoms with van der Waals surface area (Å²) < 4.78 is 11.4. The van der Waals surface area contributed by atoms with Crippen molar-refractivity contribution in [2.75, 3.05) is 7.11 Å². The van der Waals surface area contributed by atoms with E-state index in [1.165, 1.54) is 0 Å². The number of aromatic nitrogens is 1. The van der Waals surface area contributed by atoms with Gasteiger partial charge in [0.15, 0.2) is 11.5 Å². The third-order valence-corrected chi connectivity index (χ3v) is 3.30. The number of hydrogen-bond acceptors (Lipinski definition) is 4. The summed E-state index contributed by atoms with van der Waals surface area (Å²) in [6.45, 7) is 0.363. The van der Waals surface area contributed by atoms with E-state index in [4.69, 9.17) is 15.2 Å². The zero-order valence-electron chi connectivity index (χ0n) is 11.7. The van der Waals surface area contributed by atoms with Crippen molar-refractivity contribution in [3.8, 4) is 17.2 Å². The van der Waals surface area contributed by atoms with E-state index in [-0.39, 0.29) is 0 Å². The maximum atomic E-state index is 6.09. The van der Waals surface area contributed by atoms with Gasteiger partial charge in [0.1, 0.15) is 5.75 Å². The maximum Gasteiger partial charge on any atom is 0.169 e. The Bertz CT molecular complexity index is 772. The summed E-state index contributed by atoms with van der Waals surface area (Å²) in [5.41, 5.74) is 7.55. The van der Waals surface area contributed by atoms with Crippen molar-refractivity contribution in [1.29, 1.82) is 0 Å². The maximum absolute atomic E-state index is 6.09. The Balaban J connectivity index is 2.14. The molecule has 0 saturated carbocycles. The van der Waals surface area contributed by atoms with Gasteiger partial charge >= 0.3 is 0 Å². The molecule has 0 saturated heterocycles. The van der Waals surface area contributed by atoms with E-state index in [2.05, 4.69) is 4.98 Å². The van der Waals surface area contributed by atoms with Gasteiger partial charge in [-0.15, -0.1) is 0 Å². The minimum Gasteiger partial charge on any atom is -0.493 e. The summed E-state index contributed by atoms with van der Waals surface area (Å²) in [5, 5.41) is 0.936. The molecule has 4 heteroatoms. The lowest BCUT2D eigenvalue weighted by molar-refractivity contribution is 0.379. The average molecular weight is 280 g/mol. The van der Waals surface area contributed by atoms with Gasteiger partial charge in [-0.25, -0.2) is 0 Å². The Morgan fingerprint density at radius 1 is 1.00 bits per heavy atom. The molecule has 0 bridgehead atoms. The first-order valence-electron chi connectivity index (χ1n) is 6.71. The minimum atomic E-state index is 0.363. The molecule has 3 aromatic rings. The molecule has 0 aliphatic heterocycles. The molecule has 0 unspecified atom stereocenters. The molecule has 106 valence electrons. The van der Waals surface area contributed by atoms with Crippen LogP contribution in [0.1, 0.15) is 5.56 Å². The third kappa shape index (κ3) is 2.53. The van der Waals surface area contributed by atoms with E-state index in [1.54, 1.807) is 13.3 Å². The number of pyridine rings is 1. The van der Waals surface area contributed by atoms with E-state index in [1.807, 2.05) is 48.5 Å². The second-order valence-electron chi connectivity index (χ2n) is 4.59. The monoisotopic (exact) mass is 280 g/mol. The highest BCUT2D eigenvalue weighted by atomic mass is 16.5.